The summed E-state index contributed by atoms with van der Waals surface area (Å²) in [6.45, 7) is 0. The minimum atomic E-state index is 0.160. The molecule has 0 spiro atoms. The van der Waals surface area contributed by atoms with Crippen molar-refractivity contribution in [2.24, 2.45) is 0 Å². The quantitative estimate of drug-likeness (QED) is 0.741. The molecule has 0 radical (unpaired) electrons. The van der Waals surface area contributed by atoms with Crippen molar-refractivity contribution in [1.82, 2.24) is 0 Å². The van der Waals surface area contributed by atoms with Crippen molar-refractivity contribution in [1.29, 1.82) is 0 Å². The van der Waals surface area contributed by atoms with Crippen molar-refractivity contribution < 1.29 is 4.79 Å². The molecule has 0 aliphatic heterocycles. The van der Waals surface area contributed by atoms with Crippen LogP contribution in [0.4, 0.5) is 0 Å². The molecule has 1 aromatic heterocycles. The van der Waals surface area contributed by atoms with Crippen LogP contribution in [0.2, 0.25) is 5.02 Å². The van der Waals surface area contributed by atoms with Gasteiger partial charge in [-0.3, -0.25) is 4.79 Å². The molecule has 3 heteroatoms. The molecule has 0 aliphatic carbocycles. The first kappa shape index (κ1) is 10.4. The lowest BCUT2D eigenvalue weighted by Gasteiger charge is -1.99. The zero-order valence-corrected chi connectivity index (χ0v) is 9.52. The van der Waals surface area contributed by atoms with Gasteiger partial charge in [0.1, 0.15) is 0 Å². The highest BCUT2D eigenvalue weighted by Crippen LogP contribution is 2.14. The lowest BCUT2D eigenvalue weighted by atomic mass is 10.1. The summed E-state index contributed by atoms with van der Waals surface area (Å²) in [5.41, 5.74) is 0.998. The molecule has 1 nitrogen and oxygen atoms in total. The van der Waals surface area contributed by atoms with Crippen LogP contribution in [-0.4, -0.2) is 5.78 Å². The molecular formula is C12H9ClOS. The van der Waals surface area contributed by atoms with Gasteiger partial charge in [-0.25, -0.2) is 0 Å². The maximum atomic E-state index is 11.7. The maximum Gasteiger partial charge on any atom is 0.177 e. The molecule has 1 heterocycles. The van der Waals surface area contributed by atoms with Gasteiger partial charge in [-0.05, 0) is 29.1 Å². The molecule has 0 saturated heterocycles. The maximum absolute atomic E-state index is 11.7. The standard InChI is InChI=1S/C12H9ClOS/c13-10-5-3-9(4-6-10)8-11(14)12-2-1-7-15-12/h1-7H,8H2. The number of hydrogen-bond acceptors (Lipinski definition) is 2. The summed E-state index contributed by atoms with van der Waals surface area (Å²) in [5.74, 6) is 0.160. The molecule has 0 saturated carbocycles. The van der Waals surface area contributed by atoms with Crippen LogP contribution in [0.1, 0.15) is 15.2 Å². The number of carbonyl (C=O) groups excluding carboxylic acids is 1. The number of ketones is 1. The van der Waals surface area contributed by atoms with Crippen molar-refractivity contribution in [3.05, 3.63) is 57.2 Å². The van der Waals surface area contributed by atoms with Crippen LogP contribution in [0.25, 0.3) is 0 Å². The van der Waals surface area contributed by atoms with E-state index < -0.39 is 0 Å². The summed E-state index contributed by atoms with van der Waals surface area (Å²) >= 11 is 7.24. The van der Waals surface area contributed by atoms with Crippen LogP contribution >= 0.6 is 22.9 Å². The SMILES string of the molecule is O=C(Cc1ccc(Cl)cc1)c1cccs1. The summed E-state index contributed by atoms with van der Waals surface area (Å²) in [6.07, 6.45) is 0.442. The largest absolute Gasteiger partial charge is 0.293 e. The minimum absolute atomic E-state index is 0.160. The molecule has 0 aliphatic rings. The van der Waals surface area contributed by atoms with Crippen LogP contribution < -0.4 is 0 Å². The van der Waals surface area contributed by atoms with Crippen LogP contribution in [-0.2, 0) is 6.42 Å². The smallest absolute Gasteiger partial charge is 0.177 e. The third kappa shape index (κ3) is 2.67. The van der Waals surface area contributed by atoms with E-state index in [1.807, 2.05) is 29.6 Å². The Morgan fingerprint density at radius 1 is 1.20 bits per heavy atom. The monoisotopic (exact) mass is 236 g/mol. The van der Waals surface area contributed by atoms with Crippen molar-refractivity contribution in [2.45, 2.75) is 6.42 Å². The topological polar surface area (TPSA) is 17.1 Å². The number of carbonyl (C=O) groups is 1. The second-order valence-corrected chi connectivity index (χ2v) is 4.59. The number of rotatable bonds is 3. The van der Waals surface area contributed by atoms with E-state index in [-0.39, 0.29) is 5.78 Å². The van der Waals surface area contributed by atoms with E-state index in [1.165, 1.54) is 11.3 Å². The highest BCUT2D eigenvalue weighted by atomic mass is 35.5. The van der Waals surface area contributed by atoms with Gasteiger partial charge in [0.15, 0.2) is 5.78 Å². The average Bonchev–Trinajstić information content (AvgIpc) is 2.74. The van der Waals surface area contributed by atoms with Gasteiger partial charge in [0.2, 0.25) is 0 Å². The molecule has 0 amide bonds. The Morgan fingerprint density at radius 2 is 1.93 bits per heavy atom. The molecule has 0 bridgehead atoms. The second kappa shape index (κ2) is 4.60. The van der Waals surface area contributed by atoms with Gasteiger partial charge in [-0.1, -0.05) is 29.8 Å². The zero-order valence-electron chi connectivity index (χ0n) is 7.94. The summed E-state index contributed by atoms with van der Waals surface area (Å²) in [4.78, 5) is 12.5. The zero-order chi connectivity index (χ0) is 10.7. The number of Topliss-reactive ketones (excluding diaryl/α,β-unsaturated/α-hetero) is 1. The first-order valence-electron chi connectivity index (χ1n) is 4.57. The van der Waals surface area contributed by atoms with Crippen molar-refractivity contribution in [3.63, 3.8) is 0 Å². The molecule has 0 atom stereocenters. The number of halogens is 1. The Morgan fingerprint density at radius 3 is 2.53 bits per heavy atom. The fourth-order valence-electron chi connectivity index (χ4n) is 1.31. The minimum Gasteiger partial charge on any atom is -0.293 e. The van der Waals surface area contributed by atoms with Gasteiger partial charge < -0.3 is 0 Å². The number of benzene rings is 1. The third-order valence-electron chi connectivity index (χ3n) is 2.07. The summed E-state index contributed by atoms with van der Waals surface area (Å²) in [7, 11) is 0. The molecule has 0 unspecified atom stereocenters. The molecule has 2 rings (SSSR count). The Bertz CT molecular complexity index is 445. The molecule has 76 valence electrons. The predicted molar refractivity (Wildman–Crippen MR) is 63.8 cm³/mol. The van der Waals surface area contributed by atoms with Crippen molar-refractivity contribution >= 4 is 28.7 Å². The third-order valence-corrected chi connectivity index (χ3v) is 3.24. The van der Waals surface area contributed by atoms with Crippen LogP contribution in [0, 0.1) is 0 Å². The van der Waals surface area contributed by atoms with Gasteiger partial charge in [-0.2, -0.15) is 0 Å². The van der Waals surface area contributed by atoms with Crippen molar-refractivity contribution in [3.8, 4) is 0 Å². The Kier molecular flexibility index (Phi) is 3.19. The van der Waals surface area contributed by atoms with Gasteiger partial charge in [0, 0.05) is 11.4 Å². The highest BCUT2D eigenvalue weighted by molar-refractivity contribution is 7.12. The second-order valence-electron chi connectivity index (χ2n) is 3.20. The fourth-order valence-corrected chi connectivity index (χ4v) is 2.10. The molecule has 15 heavy (non-hydrogen) atoms. The molecule has 1 aromatic carbocycles. The lowest BCUT2D eigenvalue weighted by molar-refractivity contribution is 0.0997. The van der Waals surface area contributed by atoms with Crippen molar-refractivity contribution in [2.75, 3.05) is 0 Å². The van der Waals surface area contributed by atoms with E-state index in [1.54, 1.807) is 12.1 Å². The first-order chi connectivity index (χ1) is 7.25. The van der Waals surface area contributed by atoms with Gasteiger partial charge in [-0.15, -0.1) is 11.3 Å². The highest BCUT2D eigenvalue weighted by Gasteiger charge is 2.07. The van der Waals surface area contributed by atoms with Gasteiger partial charge in [0.05, 0.1) is 4.88 Å². The molecule has 0 N–H and O–H groups in total. The Labute approximate surface area is 97.3 Å². The van der Waals surface area contributed by atoms with E-state index in [9.17, 15) is 4.79 Å². The van der Waals surface area contributed by atoms with E-state index in [0.717, 1.165) is 10.4 Å². The van der Waals surface area contributed by atoms with Crippen LogP contribution in [0.15, 0.2) is 41.8 Å². The van der Waals surface area contributed by atoms with Gasteiger partial charge >= 0.3 is 0 Å². The molecular weight excluding hydrogens is 228 g/mol. The normalized spacial score (nSPS) is 10.2. The summed E-state index contributed by atoms with van der Waals surface area (Å²) < 4.78 is 0. The lowest BCUT2D eigenvalue weighted by Crippen LogP contribution is -2.00. The molecule has 0 fully saturated rings. The summed E-state index contributed by atoms with van der Waals surface area (Å²) in [5, 5.41) is 2.61. The number of hydrogen-bond donors (Lipinski definition) is 0. The number of thiophene rings is 1. The molecule has 2 aromatic rings. The average molecular weight is 237 g/mol. The van der Waals surface area contributed by atoms with E-state index in [4.69, 9.17) is 11.6 Å². The van der Waals surface area contributed by atoms with E-state index in [0.29, 0.717) is 11.4 Å². The Hall–Kier alpha value is -1.12. The Balaban J connectivity index is 2.09. The van der Waals surface area contributed by atoms with Crippen LogP contribution in [0.5, 0.6) is 0 Å². The predicted octanol–water partition coefficient (Wildman–Crippen LogP) is 3.83. The van der Waals surface area contributed by atoms with E-state index in [2.05, 4.69) is 0 Å². The fraction of sp³-hybridized carbons (Fsp3) is 0.0833. The van der Waals surface area contributed by atoms with Gasteiger partial charge in [0.25, 0.3) is 0 Å². The van der Waals surface area contributed by atoms with Crippen LogP contribution in [0.3, 0.4) is 0 Å². The summed E-state index contributed by atoms with van der Waals surface area (Å²) in [6, 6.07) is 11.1. The first-order valence-corrected chi connectivity index (χ1v) is 5.82. The van der Waals surface area contributed by atoms with E-state index >= 15 is 0 Å².